The number of carbonyl (C=O) groups excluding carboxylic acids is 1. The number of thioether (sulfide) groups is 1. The Hall–Kier alpha value is -3.30. The molecule has 0 spiro atoms. The van der Waals surface area contributed by atoms with Crippen LogP contribution in [0.1, 0.15) is 18.4 Å². The van der Waals surface area contributed by atoms with Crippen molar-refractivity contribution in [2.75, 3.05) is 18.6 Å². The zero-order valence-corrected chi connectivity index (χ0v) is 22.1. The van der Waals surface area contributed by atoms with Crippen molar-refractivity contribution >= 4 is 33.5 Å². The summed E-state index contributed by atoms with van der Waals surface area (Å²) in [6.07, 6.45) is 0.269. The quantitative estimate of drug-likeness (QED) is 0.419. The summed E-state index contributed by atoms with van der Waals surface area (Å²) in [7, 11) is -2.44. The van der Waals surface area contributed by atoms with Gasteiger partial charge in [0, 0.05) is 12.0 Å². The largest absolute Gasteiger partial charge is 0.496 e. The number of carboxylic acids is 1. The third-order valence-electron chi connectivity index (χ3n) is 6.70. The van der Waals surface area contributed by atoms with Gasteiger partial charge in [-0.3, -0.25) is 4.79 Å². The van der Waals surface area contributed by atoms with Gasteiger partial charge < -0.3 is 15.2 Å². The number of carboxylic acid groups (broad SMARTS) is 1. The summed E-state index contributed by atoms with van der Waals surface area (Å²) in [6, 6.07) is 21.5. The van der Waals surface area contributed by atoms with E-state index in [9.17, 15) is 23.1 Å². The lowest BCUT2D eigenvalue weighted by atomic mass is 9.97. The summed E-state index contributed by atoms with van der Waals surface area (Å²) in [5.41, 5.74) is 2.51. The van der Waals surface area contributed by atoms with Gasteiger partial charge in [0.2, 0.25) is 5.91 Å². The SMILES string of the molecule is COc1ccccc1-c1ccc(C[C@H](NC(=O)C2(S(=O)(=O)c3ccccc3)CCSCC2)C(=O)O)cc1. The van der Waals surface area contributed by atoms with Gasteiger partial charge in [0.25, 0.3) is 0 Å². The van der Waals surface area contributed by atoms with E-state index in [0.717, 1.165) is 16.9 Å². The molecule has 1 aliphatic rings. The van der Waals surface area contributed by atoms with E-state index in [0.29, 0.717) is 17.1 Å². The van der Waals surface area contributed by atoms with Crippen molar-refractivity contribution in [1.29, 1.82) is 0 Å². The number of benzene rings is 3. The number of methoxy groups -OCH3 is 1. The standard InChI is InChI=1S/C28H29NO6S2/c1-35-25-10-6-5-9-23(25)21-13-11-20(12-14-21)19-24(26(30)31)29-27(32)28(15-17-36-18-16-28)37(33,34)22-7-3-2-4-8-22/h2-14,24H,15-19H2,1H3,(H,29,32)(H,30,31)/t24-/m0/s1. The molecule has 1 atom stereocenters. The van der Waals surface area contributed by atoms with E-state index >= 15 is 0 Å². The average Bonchev–Trinajstić information content (AvgIpc) is 2.93. The number of para-hydroxylation sites is 1. The van der Waals surface area contributed by atoms with Gasteiger partial charge in [-0.2, -0.15) is 11.8 Å². The monoisotopic (exact) mass is 539 g/mol. The molecule has 3 aromatic carbocycles. The van der Waals surface area contributed by atoms with Crippen LogP contribution in [0.15, 0.2) is 83.8 Å². The predicted octanol–water partition coefficient (Wildman–Crippen LogP) is 4.21. The first-order valence-electron chi connectivity index (χ1n) is 11.9. The number of carbonyl (C=O) groups is 2. The van der Waals surface area contributed by atoms with Gasteiger partial charge in [0.1, 0.15) is 11.8 Å². The van der Waals surface area contributed by atoms with Crippen molar-refractivity contribution in [3.8, 4) is 16.9 Å². The lowest BCUT2D eigenvalue weighted by Gasteiger charge is -2.35. The van der Waals surface area contributed by atoms with Crippen LogP contribution in [0, 0.1) is 0 Å². The second-order valence-electron chi connectivity index (χ2n) is 8.89. The molecule has 194 valence electrons. The zero-order valence-electron chi connectivity index (χ0n) is 20.4. The molecule has 9 heteroatoms. The van der Waals surface area contributed by atoms with Gasteiger partial charge in [0.15, 0.2) is 14.6 Å². The lowest BCUT2D eigenvalue weighted by molar-refractivity contribution is -0.142. The normalized spacial score (nSPS) is 15.9. The molecule has 37 heavy (non-hydrogen) atoms. The van der Waals surface area contributed by atoms with Crippen LogP contribution in [0.5, 0.6) is 5.75 Å². The van der Waals surface area contributed by atoms with E-state index in [1.165, 1.54) is 12.1 Å². The molecule has 1 saturated heterocycles. The Morgan fingerprint density at radius 2 is 1.59 bits per heavy atom. The van der Waals surface area contributed by atoms with E-state index in [2.05, 4.69) is 5.32 Å². The molecule has 7 nitrogen and oxygen atoms in total. The molecule has 1 aliphatic heterocycles. The van der Waals surface area contributed by atoms with Crippen LogP contribution in [0.4, 0.5) is 0 Å². The van der Waals surface area contributed by atoms with Gasteiger partial charge in [0.05, 0.1) is 12.0 Å². The number of amides is 1. The molecule has 0 unspecified atom stereocenters. The second kappa shape index (κ2) is 11.4. The van der Waals surface area contributed by atoms with Crippen LogP contribution in [0.3, 0.4) is 0 Å². The first-order chi connectivity index (χ1) is 17.8. The molecule has 1 amide bonds. The minimum atomic E-state index is -4.04. The zero-order chi connectivity index (χ0) is 26.5. The highest BCUT2D eigenvalue weighted by molar-refractivity contribution is 7.99. The third kappa shape index (κ3) is 5.52. The number of ether oxygens (including phenoxy) is 1. The molecule has 0 saturated carbocycles. The Balaban J connectivity index is 1.57. The number of hydrogen-bond donors (Lipinski definition) is 2. The summed E-state index contributed by atoms with van der Waals surface area (Å²) in [4.78, 5) is 25.8. The highest BCUT2D eigenvalue weighted by Gasteiger charge is 2.52. The number of aliphatic carboxylic acids is 1. The van der Waals surface area contributed by atoms with E-state index < -0.39 is 32.5 Å². The number of nitrogens with one attached hydrogen (secondary N) is 1. The fourth-order valence-corrected chi connectivity index (χ4v) is 8.03. The maximum Gasteiger partial charge on any atom is 0.326 e. The predicted molar refractivity (Wildman–Crippen MR) is 145 cm³/mol. The number of rotatable bonds is 9. The molecule has 0 bridgehead atoms. The molecule has 1 heterocycles. The Kier molecular flexibility index (Phi) is 8.24. The highest BCUT2D eigenvalue weighted by atomic mass is 32.2. The Morgan fingerprint density at radius 3 is 2.22 bits per heavy atom. The molecule has 3 aromatic rings. The second-order valence-corrected chi connectivity index (χ2v) is 12.4. The maximum absolute atomic E-state index is 13.7. The van der Waals surface area contributed by atoms with Crippen LogP contribution in [0.2, 0.25) is 0 Å². The van der Waals surface area contributed by atoms with Gasteiger partial charge in [-0.25, -0.2) is 13.2 Å². The first-order valence-corrected chi connectivity index (χ1v) is 14.6. The number of hydrogen-bond acceptors (Lipinski definition) is 6. The van der Waals surface area contributed by atoms with E-state index in [4.69, 9.17) is 4.74 Å². The van der Waals surface area contributed by atoms with Gasteiger partial charge in [-0.15, -0.1) is 0 Å². The summed E-state index contributed by atoms with van der Waals surface area (Å²) < 4.78 is 31.0. The first kappa shape index (κ1) is 26.8. The molecule has 4 rings (SSSR count). The maximum atomic E-state index is 13.7. The summed E-state index contributed by atoms with van der Waals surface area (Å²) >= 11 is 1.59. The van der Waals surface area contributed by atoms with Crippen molar-refractivity contribution < 1.29 is 27.9 Å². The molecule has 0 radical (unpaired) electrons. The van der Waals surface area contributed by atoms with E-state index in [-0.39, 0.29) is 24.2 Å². The van der Waals surface area contributed by atoms with Gasteiger partial charge in [-0.05, 0) is 53.7 Å². The van der Waals surface area contributed by atoms with Crippen LogP contribution >= 0.6 is 11.8 Å². The molecule has 0 aromatic heterocycles. The highest BCUT2D eigenvalue weighted by Crippen LogP contribution is 2.38. The van der Waals surface area contributed by atoms with Crippen LogP contribution < -0.4 is 10.1 Å². The smallest absolute Gasteiger partial charge is 0.326 e. The Morgan fingerprint density at radius 1 is 0.973 bits per heavy atom. The molecule has 2 N–H and O–H groups in total. The van der Waals surface area contributed by atoms with Crippen LogP contribution in [0.25, 0.3) is 11.1 Å². The number of sulfone groups is 1. The van der Waals surface area contributed by atoms with Gasteiger partial charge >= 0.3 is 5.97 Å². The fourth-order valence-electron chi connectivity index (χ4n) is 4.57. The van der Waals surface area contributed by atoms with Crippen molar-refractivity contribution in [3.05, 3.63) is 84.4 Å². The summed E-state index contributed by atoms with van der Waals surface area (Å²) in [5.74, 6) is -0.251. The molecular formula is C28H29NO6S2. The molecular weight excluding hydrogens is 510 g/mol. The lowest BCUT2D eigenvalue weighted by Crippen LogP contribution is -2.58. The molecule has 0 aliphatic carbocycles. The van der Waals surface area contributed by atoms with E-state index in [1.807, 2.05) is 36.4 Å². The van der Waals surface area contributed by atoms with Crippen LogP contribution in [-0.4, -0.2) is 54.8 Å². The fraction of sp³-hybridized carbons (Fsp3) is 0.286. The van der Waals surface area contributed by atoms with Crippen molar-refractivity contribution in [2.24, 2.45) is 0 Å². The average molecular weight is 540 g/mol. The Labute approximate surface area is 221 Å². The van der Waals surface area contributed by atoms with Crippen molar-refractivity contribution in [3.63, 3.8) is 0 Å². The molecule has 1 fully saturated rings. The minimum absolute atomic E-state index is 0.0174. The van der Waals surface area contributed by atoms with Crippen LogP contribution in [-0.2, 0) is 25.8 Å². The minimum Gasteiger partial charge on any atom is -0.496 e. The van der Waals surface area contributed by atoms with E-state index in [1.54, 1.807) is 49.2 Å². The summed E-state index contributed by atoms with van der Waals surface area (Å²) in [6.45, 7) is 0. The summed E-state index contributed by atoms with van der Waals surface area (Å²) in [5, 5.41) is 12.5. The Bertz CT molecular complexity index is 1350. The van der Waals surface area contributed by atoms with Crippen molar-refractivity contribution in [1.82, 2.24) is 5.32 Å². The third-order valence-corrected chi connectivity index (χ3v) is 10.2. The topological polar surface area (TPSA) is 110 Å². The van der Waals surface area contributed by atoms with Gasteiger partial charge in [-0.1, -0.05) is 60.7 Å². The van der Waals surface area contributed by atoms with Crippen molar-refractivity contribution in [2.45, 2.75) is 34.9 Å².